The Balaban J connectivity index is 1.84. The van der Waals surface area contributed by atoms with E-state index in [-0.39, 0.29) is 29.8 Å². The predicted octanol–water partition coefficient (Wildman–Crippen LogP) is 1.67. The average molecular weight is 358 g/mol. The van der Waals surface area contributed by atoms with Crippen LogP contribution in [0.5, 0.6) is 0 Å². The first kappa shape index (κ1) is 18.3. The fraction of sp³-hybridized carbons (Fsp3) is 0.467. The Morgan fingerprint density at radius 1 is 1.25 bits per heavy atom. The largest absolute Gasteiger partial charge is 0.478 e. The fourth-order valence-corrected chi connectivity index (χ4v) is 4.05. The third kappa shape index (κ3) is 4.75. The van der Waals surface area contributed by atoms with Crippen molar-refractivity contribution in [3.05, 3.63) is 29.6 Å². The summed E-state index contributed by atoms with van der Waals surface area (Å²) in [6, 6.07) is 3.16. The monoisotopic (exact) mass is 358 g/mol. The van der Waals surface area contributed by atoms with Crippen molar-refractivity contribution in [2.75, 3.05) is 24.2 Å². The van der Waals surface area contributed by atoms with Gasteiger partial charge in [-0.1, -0.05) is 0 Å². The molecule has 0 spiro atoms. The molecule has 1 fully saturated rings. The second-order valence-electron chi connectivity index (χ2n) is 5.57. The van der Waals surface area contributed by atoms with E-state index >= 15 is 0 Å². The number of amides is 1. The first-order valence-corrected chi connectivity index (χ1v) is 9.21. The van der Waals surface area contributed by atoms with Crippen molar-refractivity contribution < 1.29 is 27.5 Å². The number of hydrogen-bond acceptors (Lipinski definition) is 4. The van der Waals surface area contributed by atoms with Crippen LogP contribution in [0.3, 0.4) is 0 Å². The minimum Gasteiger partial charge on any atom is -0.478 e. The zero-order valence-corrected chi connectivity index (χ0v) is 13.8. The maximum Gasteiger partial charge on any atom is 0.335 e. The lowest BCUT2D eigenvalue weighted by Gasteiger charge is -2.15. The molecule has 132 valence electrons. The summed E-state index contributed by atoms with van der Waals surface area (Å²) in [4.78, 5) is 22.5. The maximum absolute atomic E-state index is 13.7. The molecule has 0 radical (unpaired) electrons. The van der Waals surface area contributed by atoms with Crippen molar-refractivity contribution in [2.45, 2.75) is 25.7 Å². The van der Waals surface area contributed by atoms with Crippen LogP contribution in [0.15, 0.2) is 18.2 Å². The number of halogens is 1. The van der Waals surface area contributed by atoms with Crippen LogP contribution in [0.1, 0.15) is 36.0 Å². The number of aromatic carboxylic acids is 1. The normalized spacial score (nSPS) is 15.4. The molecule has 1 aromatic carbocycles. The number of anilines is 1. The summed E-state index contributed by atoms with van der Waals surface area (Å²) in [5, 5.41) is 11.1. The Kier molecular flexibility index (Phi) is 5.89. The van der Waals surface area contributed by atoms with Gasteiger partial charge in [0.2, 0.25) is 15.9 Å². The SMILES string of the molecule is O=C(CCCS(=O)(=O)N1CCCC1)Nc1ccc(C(=O)O)cc1F. The van der Waals surface area contributed by atoms with Crippen molar-refractivity contribution in [3.63, 3.8) is 0 Å². The molecule has 0 aromatic heterocycles. The number of carbonyl (C=O) groups is 2. The lowest BCUT2D eigenvalue weighted by molar-refractivity contribution is -0.116. The number of benzene rings is 1. The third-order valence-corrected chi connectivity index (χ3v) is 5.71. The van der Waals surface area contributed by atoms with Gasteiger partial charge in [-0.2, -0.15) is 0 Å². The smallest absolute Gasteiger partial charge is 0.335 e. The highest BCUT2D eigenvalue weighted by atomic mass is 32.2. The van der Waals surface area contributed by atoms with Gasteiger partial charge in [0.15, 0.2) is 0 Å². The van der Waals surface area contributed by atoms with Crippen LogP contribution >= 0.6 is 0 Å². The second kappa shape index (κ2) is 7.71. The van der Waals surface area contributed by atoms with Crippen molar-refractivity contribution in [1.82, 2.24) is 4.31 Å². The Morgan fingerprint density at radius 3 is 2.50 bits per heavy atom. The number of nitrogens with one attached hydrogen (secondary N) is 1. The van der Waals surface area contributed by atoms with Gasteiger partial charge in [0, 0.05) is 19.5 Å². The molecule has 2 rings (SSSR count). The van der Waals surface area contributed by atoms with E-state index in [4.69, 9.17) is 5.11 Å². The van der Waals surface area contributed by atoms with Crippen LogP contribution in [0.4, 0.5) is 10.1 Å². The molecule has 7 nitrogen and oxygen atoms in total. The molecule has 0 bridgehead atoms. The van der Waals surface area contributed by atoms with Crippen LogP contribution in [-0.2, 0) is 14.8 Å². The van der Waals surface area contributed by atoms with E-state index < -0.39 is 27.7 Å². The minimum absolute atomic E-state index is 0.0623. The molecule has 1 aliphatic rings. The molecule has 1 amide bonds. The second-order valence-corrected chi connectivity index (χ2v) is 7.66. The topological polar surface area (TPSA) is 104 Å². The molecule has 0 aliphatic carbocycles. The number of nitrogens with zero attached hydrogens (tertiary/aromatic N) is 1. The number of carboxylic acids is 1. The van der Waals surface area contributed by atoms with Gasteiger partial charge in [0.25, 0.3) is 0 Å². The molecule has 1 aliphatic heterocycles. The molecule has 0 atom stereocenters. The van der Waals surface area contributed by atoms with Gasteiger partial charge >= 0.3 is 5.97 Å². The van der Waals surface area contributed by atoms with Crippen LogP contribution < -0.4 is 5.32 Å². The van der Waals surface area contributed by atoms with Gasteiger partial charge in [-0.25, -0.2) is 21.9 Å². The Morgan fingerprint density at radius 2 is 1.92 bits per heavy atom. The van der Waals surface area contributed by atoms with Crippen molar-refractivity contribution in [1.29, 1.82) is 0 Å². The Hall–Kier alpha value is -2.00. The molecule has 0 unspecified atom stereocenters. The zero-order valence-electron chi connectivity index (χ0n) is 13.0. The third-order valence-electron chi connectivity index (χ3n) is 3.75. The van der Waals surface area contributed by atoms with E-state index in [0.717, 1.165) is 25.0 Å². The van der Waals surface area contributed by atoms with Gasteiger partial charge in [-0.3, -0.25) is 4.79 Å². The standard InChI is InChI=1S/C15H19FN2O5S/c16-12-10-11(15(20)21)5-6-13(12)17-14(19)4-3-9-24(22,23)18-7-1-2-8-18/h5-6,10H,1-4,7-9H2,(H,17,19)(H,20,21). The molecule has 1 aromatic rings. The molecular weight excluding hydrogens is 339 g/mol. The average Bonchev–Trinajstić information content (AvgIpc) is 3.04. The van der Waals surface area contributed by atoms with E-state index in [1.54, 1.807) is 0 Å². The molecule has 1 saturated heterocycles. The van der Waals surface area contributed by atoms with Crippen LogP contribution in [0.25, 0.3) is 0 Å². The molecule has 24 heavy (non-hydrogen) atoms. The van der Waals surface area contributed by atoms with Crippen LogP contribution in [0, 0.1) is 5.82 Å². The van der Waals surface area contributed by atoms with Crippen LogP contribution in [0.2, 0.25) is 0 Å². The van der Waals surface area contributed by atoms with Gasteiger partial charge in [0.05, 0.1) is 17.0 Å². The first-order chi connectivity index (χ1) is 11.3. The molecular formula is C15H19FN2O5S. The molecule has 0 saturated carbocycles. The van der Waals surface area contributed by atoms with Gasteiger partial charge in [-0.15, -0.1) is 0 Å². The maximum atomic E-state index is 13.7. The summed E-state index contributed by atoms with van der Waals surface area (Å²) in [5.74, 6) is -2.76. The van der Waals surface area contributed by atoms with E-state index in [1.165, 1.54) is 10.4 Å². The van der Waals surface area contributed by atoms with Gasteiger partial charge in [-0.05, 0) is 37.5 Å². The number of rotatable bonds is 7. The molecule has 9 heteroatoms. The fourth-order valence-electron chi connectivity index (χ4n) is 2.47. The first-order valence-electron chi connectivity index (χ1n) is 7.60. The van der Waals surface area contributed by atoms with Crippen molar-refractivity contribution >= 4 is 27.6 Å². The summed E-state index contributed by atoms with van der Waals surface area (Å²) in [6.07, 6.45) is 1.78. The summed E-state index contributed by atoms with van der Waals surface area (Å²) < 4.78 is 39.1. The summed E-state index contributed by atoms with van der Waals surface area (Å²) in [7, 11) is -3.34. The van der Waals surface area contributed by atoms with Gasteiger partial charge < -0.3 is 10.4 Å². The van der Waals surface area contributed by atoms with Gasteiger partial charge in [0.1, 0.15) is 5.82 Å². The number of carbonyl (C=O) groups excluding carboxylic acids is 1. The Bertz CT molecular complexity index is 729. The summed E-state index contributed by atoms with van der Waals surface area (Å²) >= 11 is 0. The number of hydrogen-bond donors (Lipinski definition) is 2. The molecule has 2 N–H and O–H groups in total. The lowest BCUT2D eigenvalue weighted by atomic mass is 10.2. The zero-order chi connectivity index (χ0) is 17.7. The summed E-state index contributed by atoms with van der Waals surface area (Å²) in [5.41, 5.74) is -0.352. The van der Waals surface area contributed by atoms with E-state index in [1.807, 2.05) is 0 Å². The minimum atomic E-state index is -3.34. The number of carboxylic acid groups (broad SMARTS) is 1. The van der Waals surface area contributed by atoms with E-state index in [2.05, 4.69) is 5.32 Å². The quantitative estimate of drug-likeness (QED) is 0.772. The summed E-state index contributed by atoms with van der Waals surface area (Å²) in [6.45, 7) is 1.05. The predicted molar refractivity (Wildman–Crippen MR) is 85.8 cm³/mol. The lowest BCUT2D eigenvalue weighted by Crippen LogP contribution is -2.30. The highest BCUT2D eigenvalue weighted by Gasteiger charge is 2.24. The van der Waals surface area contributed by atoms with E-state index in [9.17, 15) is 22.4 Å². The van der Waals surface area contributed by atoms with Crippen molar-refractivity contribution in [2.24, 2.45) is 0 Å². The number of sulfonamides is 1. The highest BCUT2D eigenvalue weighted by molar-refractivity contribution is 7.89. The van der Waals surface area contributed by atoms with E-state index in [0.29, 0.717) is 13.1 Å². The van der Waals surface area contributed by atoms with Crippen molar-refractivity contribution in [3.8, 4) is 0 Å². The van der Waals surface area contributed by atoms with Crippen LogP contribution in [-0.4, -0.2) is 48.5 Å². The molecule has 1 heterocycles. The Labute approximate surface area is 139 Å². The highest BCUT2D eigenvalue weighted by Crippen LogP contribution is 2.17.